The van der Waals surface area contributed by atoms with Crippen LogP contribution in [-0.4, -0.2) is 29.7 Å². The van der Waals surface area contributed by atoms with E-state index in [1.807, 2.05) is 13.8 Å². The number of allylic oxidation sites excluding steroid dienone is 2. The van der Waals surface area contributed by atoms with Crippen molar-refractivity contribution in [1.29, 1.82) is 0 Å². The largest absolute Gasteiger partial charge is 0.390 e. The molecule has 104 valence electrons. The molecule has 1 aliphatic rings. The van der Waals surface area contributed by atoms with Crippen molar-refractivity contribution in [2.45, 2.75) is 65.5 Å². The Hall–Kier alpha value is -0.640. The van der Waals surface area contributed by atoms with Gasteiger partial charge in [0.25, 0.3) is 0 Å². The molecular weight excluding hydrogens is 228 g/mol. The SMILES string of the molecule is C=C(CC(C)=C(C)C)CC(O)[C@H]1COC(C)(C)O1. The molecule has 0 spiro atoms. The van der Waals surface area contributed by atoms with E-state index in [0.717, 1.165) is 12.0 Å². The monoisotopic (exact) mass is 254 g/mol. The average molecular weight is 254 g/mol. The van der Waals surface area contributed by atoms with E-state index in [-0.39, 0.29) is 6.10 Å². The summed E-state index contributed by atoms with van der Waals surface area (Å²) in [5.41, 5.74) is 3.66. The van der Waals surface area contributed by atoms with Gasteiger partial charge in [0.2, 0.25) is 0 Å². The molecule has 0 aromatic rings. The number of aliphatic hydroxyl groups is 1. The maximum atomic E-state index is 10.1. The van der Waals surface area contributed by atoms with Crippen LogP contribution in [0.4, 0.5) is 0 Å². The van der Waals surface area contributed by atoms with Gasteiger partial charge in [0, 0.05) is 0 Å². The van der Waals surface area contributed by atoms with Crippen molar-refractivity contribution in [1.82, 2.24) is 0 Å². The molecule has 0 saturated carbocycles. The summed E-state index contributed by atoms with van der Waals surface area (Å²) in [4.78, 5) is 0. The third-order valence-electron chi connectivity index (χ3n) is 3.33. The van der Waals surface area contributed by atoms with E-state index in [2.05, 4.69) is 27.4 Å². The number of hydrogen-bond acceptors (Lipinski definition) is 3. The van der Waals surface area contributed by atoms with E-state index in [9.17, 15) is 5.11 Å². The van der Waals surface area contributed by atoms with Crippen molar-refractivity contribution in [3.8, 4) is 0 Å². The molecule has 1 unspecified atom stereocenters. The molecule has 0 radical (unpaired) electrons. The molecule has 0 bridgehead atoms. The molecule has 0 aliphatic carbocycles. The van der Waals surface area contributed by atoms with Crippen molar-refractivity contribution >= 4 is 0 Å². The molecule has 0 amide bonds. The highest BCUT2D eigenvalue weighted by atomic mass is 16.7. The fraction of sp³-hybridized carbons (Fsp3) is 0.733. The van der Waals surface area contributed by atoms with Crippen molar-refractivity contribution in [3.05, 3.63) is 23.3 Å². The molecule has 3 heteroatoms. The highest BCUT2D eigenvalue weighted by molar-refractivity contribution is 5.16. The lowest BCUT2D eigenvalue weighted by Gasteiger charge is -2.21. The van der Waals surface area contributed by atoms with Gasteiger partial charge in [-0.25, -0.2) is 0 Å². The van der Waals surface area contributed by atoms with Crippen LogP contribution in [0.2, 0.25) is 0 Å². The first-order valence-electron chi connectivity index (χ1n) is 6.50. The third-order valence-corrected chi connectivity index (χ3v) is 3.33. The number of rotatable bonds is 5. The lowest BCUT2D eigenvalue weighted by molar-refractivity contribution is -0.150. The Balaban J connectivity index is 2.44. The third kappa shape index (κ3) is 4.56. The molecular formula is C15H26O3. The van der Waals surface area contributed by atoms with E-state index in [0.29, 0.717) is 13.0 Å². The fourth-order valence-electron chi connectivity index (χ4n) is 1.96. The van der Waals surface area contributed by atoms with Crippen molar-refractivity contribution in [3.63, 3.8) is 0 Å². The predicted molar refractivity (Wildman–Crippen MR) is 73.3 cm³/mol. The highest BCUT2D eigenvalue weighted by Crippen LogP contribution is 2.27. The zero-order valence-corrected chi connectivity index (χ0v) is 12.2. The predicted octanol–water partition coefficient (Wildman–Crippen LogP) is 3.19. The second kappa shape index (κ2) is 6.00. The van der Waals surface area contributed by atoms with Crippen LogP contribution in [0.1, 0.15) is 47.5 Å². The summed E-state index contributed by atoms with van der Waals surface area (Å²) >= 11 is 0. The molecule has 1 fully saturated rings. The van der Waals surface area contributed by atoms with Gasteiger partial charge in [0.15, 0.2) is 5.79 Å². The highest BCUT2D eigenvalue weighted by Gasteiger charge is 2.36. The Morgan fingerprint density at radius 3 is 2.44 bits per heavy atom. The van der Waals surface area contributed by atoms with Crippen molar-refractivity contribution in [2.75, 3.05) is 6.61 Å². The maximum Gasteiger partial charge on any atom is 0.163 e. The first-order valence-corrected chi connectivity index (χ1v) is 6.50. The molecule has 1 heterocycles. The molecule has 0 aromatic carbocycles. The lowest BCUT2D eigenvalue weighted by Crippen LogP contribution is -2.30. The van der Waals surface area contributed by atoms with Gasteiger partial charge in [-0.2, -0.15) is 0 Å². The number of aliphatic hydroxyl groups excluding tert-OH is 1. The smallest absolute Gasteiger partial charge is 0.163 e. The molecule has 18 heavy (non-hydrogen) atoms. The summed E-state index contributed by atoms with van der Waals surface area (Å²) in [7, 11) is 0. The van der Waals surface area contributed by atoms with Crippen LogP contribution in [0.15, 0.2) is 23.3 Å². The number of ether oxygens (including phenoxy) is 2. The summed E-state index contributed by atoms with van der Waals surface area (Å²) in [6, 6.07) is 0. The van der Waals surface area contributed by atoms with E-state index in [1.54, 1.807) is 0 Å². The summed E-state index contributed by atoms with van der Waals surface area (Å²) in [5, 5.41) is 10.1. The van der Waals surface area contributed by atoms with Crippen LogP contribution in [-0.2, 0) is 9.47 Å². The first kappa shape index (κ1) is 15.4. The van der Waals surface area contributed by atoms with Gasteiger partial charge in [-0.1, -0.05) is 23.3 Å². The molecule has 3 nitrogen and oxygen atoms in total. The topological polar surface area (TPSA) is 38.7 Å². The summed E-state index contributed by atoms with van der Waals surface area (Å²) < 4.78 is 11.1. The Morgan fingerprint density at radius 1 is 1.39 bits per heavy atom. The van der Waals surface area contributed by atoms with Crippen LogP contribution < -0.4 is 0 Å². The average Bonchev–Trinajstić information content (AvgIpc) is 2.58. The van der Waals surface area contributed by atoms with Crippen LogP contribution in [0.25, 0.3) is 0 Å². The van der Waals surface area contributed by atoms with Crippen LogP contribution in [0.5, 0.6) is 0 Å². The van der Waals surface area contributed by atoms with Gasteiger partial charge < -0.3 is 14.6 Å². The molecule has 1 rings (SSSR count). The molecule has 1 N–H and O–H groups in total. The normalized spacial score (nSPS) is 23.8. The number of hydrogen-bond donors (Lipinski definition) is 1. The van der Waals surface area contributed by atoms with Crippen molar-refractivity contribution < 1.29 is 14.6 Å². The minimum Gasteiger partial charge on any atom is -0.390 e. The van der Waals surface area contributed by atoms with Gasteiger partial charge in [0.05, 0.1) is 12.7 Å². The van der Waals surface area contributed by atoms with Crippen LogP contribution in [0, 0.1) is 0 Å². The van der Waals surface area contributed by atoms with E-state index < -0.39 is 11.9 Å². The Labute approximate surface area is 110 Å². The van der Waals surface area contributed by atoms with Gasteiger partial charge in [-0.3, -0.25) is 0 Å². The lowest BCUT2D eigenvalue weighted by atomic mass is 9.98. The molecule has 2 atom stereocenters. The molecule has 1 saturated heterocycles. The minimum atomic E-state index is -0.581. The summed E-state index contributed by atoms with van der Waals surface area (Å²) in [6.07, 6.45) is 0.624. The minimum absolute atomic E-state index is 0.247. The Bertz CT molecular complexity index is 338. The van der Waals surface area contributed by atoms with Crippen LogP contribution in [0.3, 0.4) is 0 Å². The molecule has 1 aliphatic heterocycles. The second-order valence-corrected chi connectivity index (χ2v) is 5.85. The molecule has 0 aromatic heterocycles. The Morgan fingerprint density at radius 2 is 2.00 bits per heavy atom. The van der Waals surface area contributed by atoms with Crippen molar-refractivity contribution in [2.24, 2.45) is 0 Å². The van der Waals surface area contributed by atoms with Gasteiger partial charge in [-0.05, 0) is 47.5 Å². The zero-order chi connectivity index (χ0) is 13.9. The Kier molecular flexibility index (Phi) is 5.14. The zero-order valence-electron chi connectivity index (χ0n) is 12.2. The van der Waals surface area contributed by atoms with E-state index >= 15 is 0 Å². The van der Waals surface area contributed by atoms with E-state index in [1.165, 1.54) is 11.1 Å². The quantitative estimate of drug-likeness (QED) is 0.766. The fourth-order valence-corrected chi connectivity index (χ4v) is 1.96. The van der Waals surface area contributed by atoms with E-state index in [4.69, 9.17) is 9.47 Å². The second-order valence-electron chi connectivity index (χ2n) is 5.85. The van der Waals surface area contributed by atoms with Gasteiger partial charge in [0.1, 0.15) is 6.10 Å². The first-order chi connectivity index (χ1) is 8.21. The summed E-state index contributed by atoms with van der Waals surface area (Å²) in [6.45, 7) is 14.5. The van der Waals surface area contributed by atoms with Gasteiger partial charge in [-0.15, -0.1) is 0 Å². The van der Waals surface area contributed by atoms with Crippen LogP contribution >= 0.6 is 0 Å². The maximum absolute atomic E-state index is 10.1. The summed E-state index contributed by atoms with van der Waals surface area (Å²) in [5.74, 6) is -0.581. The van der Waals surface area contributed by atoms with Gasteiger partial charge >= 0.3 is 0 Å². The standard InChI is InChI=1S/C15H26O3/c1-10(2)12(4)7-11(3)8-13(16)14-9-17-15(5,6)18-14/h13-14,16H,3,7-9H2,1-2,4-6H3/t13?,14-/m1/s1.